The van der Waals surface area contributed by atoms with Crippen LogP contribution < -0.4 is 5.32 Å². The van der Waals surface area contributed by atoms with Gasteiger partial charge in [0.2, 0.25) is 0 Å². The Bertz CT molecular complexity index is 207. The first-order chi connectivity index (χ1) is 5.74. The predicted molar refractivity (Wildman–Crippen MR) is 47.6 cm³/mol. The topological polar surface area (TPSA) is 32.3 Å². The molecular formula is C9H14N2O. The maximum Gasteiger partial charge on any atom is 0.318 e. The summed E-state index contributed by atoms with van der Waals surface area (Å²) in [5.41, 5.74) is 0. The highest BCUT2D eigenvalue weighted by molar-refractivity contribution is 5.74. The molecule has 12 heavy (non-hydrogen) atoms. The van der Waals surface area contributed by atoms with Crippen molar-refractivity contribution in [3.63, 3.8) is 0 Å². The summed E-state index contributed by atoms with van der Waals surface area (Å²) in [5.74, 6) is 3.00. The number of hydrogen-bond donors (Lipinski definition) is 1. The molecule has 1 saturated heterocycles. The van der Waals surface area contributed by atoms with Crippen molar-refractivity contribution in [2.45, 2.75) is 13.3 Å². The van der Waals surface area contributed by atoms with E-state index >= 15 is 0 Å². The molecule has 1 N–H and O–H groups in total. The molecule has 1 aliphatic rings. The van der Waals surface area contributed by atoms with Crippen molar-refractivity contribution in [3.05, 3.63) is 0 Å². The lowest BCUT2D eigenvalue weighted by Crippen LogP contribution is -2.38. The summed E-state index contributed by atoms with van der Waals surface area (Å²) in [7, 11) is 0. The van der Waals surface area contributed by atoms with Crippen molar-refractivity contribution in [2.75, 3.05) is 19.6 Å². The van der Waals surface area contributed by atoms with Crippen LogP contribution in [0.25, 0.3) is 0 Å². The SMILES string of the molecule is C#CCNC(=O)N1CCC(C)C1. The number of carbonyl (C=O) groups excluding carboxylic acids is 1. The second kappa shape index (κ2) is 4.01. The third kappa shape index (κ3) is 2.16. The van der Waals surface area contributed by atoms with Crippen LogP contribution in [-0.4, -0.2) is 30.6 Å². The number of rotatable bonds is 1. The lowest BCUT2D eigenvalue weighted by atomic mass is 10.2. The van der Waals surface area contributed by atoms with Gasteiger partial charge in [-0.25, -0.2) is 4.79 Å². The average Bonchev–Trinajstić information content (AvgIpc) is 2.47. The van der Waals surface area contributed by atoms with E-state index in [9.17, 15) is 4.79 Å². The Morgan fingerprint density at radius 2 is 2.58 bits per heavy atom. The van der Waals surface area contributed by atoms with Gasteiger partial charge in [0.15, 0.2) is 0 Å². The molecule has 66 valence electrons. The van der Waals surface area contributed by atoms with Gasteiger partial charge in [0, 0.05) is 13.1 Å². The molecule has 1 atom stereocenters. The van der Waals surface area contributed by atoms with Gasteiger partial charge < -0.3 is 10.2 Å². The fourth-order valence-corrected chi connectivity index (χ4v) is 1.36. The third-order valence-corrected chi connectivity index (χ3v) is 2.05. The zero-order valence-electron chi connectivity index (χ0n) is 7.34. The van der Waals surface area contributed by atoms with Crippen LogP contribution in [0.5, 0.6) is 0 Å². The molecule has 0 aliphatic carbocycles. The van der Waals surface area contributed by atoms with Crippen LogP contribution in [0.15, 0.2) is 0 Å². The molecular weight excluding hydrogens is 152 g/mol. The monoisotopic (exact) mass is 166 g/mol. The maximum absolute atomic E-state index is 11.3. The molecule has 1 unspecified atom stereocenters. The van der Waals surface area contributed by atoms with Crippen LogP contribution in [0.2, 0.25) is 0 Å². The minimum Gasteiger partial charge on any atom is -0.327 e. The molecule has 0 aromatic rings. The van der Waals surface area contributed by atoms with Gasteiger partial charge in [-0.1, -0.05) is 12.8 Å². The first kappa shape index (κ1) is 8.92. The third-order valence-electron chi connectivity index (χ3n) is 2.05. The number of amides is 2. The number of hydrogen-bond acceptors (Lipinski definition) is 1. The highest BCUT2D eigenvalue weighted by Crippen LogP contribution is 2.14. The molecule has 0 bridgehead atoms. The lowest BCUT2D eigenvalue weighted by Gasteiger charge is -2.15. The van der Waals surface area contributed by atoms with E-state index in [1.807, 2.05) is 4.90 Å². The second-order valence-electron chi connectivity index (χ2n) is 3.20. The van der Waals surface area contributed by atoms with E-state index in [0.29, 0.717) is 12.5 Å². The van der Waals surface area contributed by atoms with E-state index in [4.69, 9.17) is 6.42 Å². The molecule has 0 saturated carbocycles. The van der Waals surface area contributed by atoms with Gasteiger partial charge in [0.1, 0.15) is 0 Å². The molecule has 1 rings (SSSR count). The molecule has 0 spiro atoms. The summed E-state index contributed by atoms with van der Waals surface area (Å²) in [6.07, 6.45) is 6.12. The average molecular weight is 166 g/mol. The Balaban J connectivity index is 2.29. The van der Waals surface area contributed by atoms with Crippen LogP contribution in [0.1, 0.15) is 13.3 Å². The van der Waals surface area contributed by atoms with Crippen molar-refractivity contribution in [3.8, 4) is 12.3 Å². The standard InChI is InChI=1S/C9H14N2O/c1-3-5-10-9(12)11-6-4-8(2)7-11/h1,8H,4-7H2,2H3,(H,10,12). The van der Waals surface area contributed by atoms with Gasteiger partial charge >= 0.3 is 6.03 Å². The summed E-state index contributed by atoms with van der Waals surface area (Å²) in [6.45, 7) is 4.19. The molecule has 1 aliphatic heterocycles. The van der Waals surface area contributed by atoms with Gasteiger partial charge in [0.25, 0.3) is 0 Å². The zero-order valence-corrected chi connectivity index (χ0v) is 7.34. The Labute approximate surface area is 73.1 Å². The normalized spacial score (nSPS) is 22.0. The van der Waals surface area contributed by atoms with Crippen LogP contribution >= 0.6 is 0 Å². The van der Waals surface area contributed by atoms with Crippen molar-refractivity contribution in [1.29, 1.82) is 0 Å². The van der Waals surface area contributed by atoms with Crippen LogP contribution in [0.3, 0.4) is 0 Å². The van der Waals surface area contributed by atoms with Gasteiger partial charge in [-0.3, -0.25) is 0 Å². The Morgan fingerprint density at radius 3 is 3.08 bits per heavy atom. The van der Waals surface area contributed by atoms with Gasteiger partial charge in [-0.15, -0.1) is 6.42 Å². The summed E-state index contributed by atoms with van der Waals surface area (Å²) >= 11 is 0. The Kier molecular flexibility index (Phi) is 2.98. The fourth-order valence-electron chi connectivity index (χ4n) is 1.36. The molecule has 2 amide bonds. The number of nitrogens with zero attached hydrogens (tertiary/aromatic N) is 1. The predicted octanol–water partition coefficient (Wildman–Crippen LogP) is 0.671. The van der Waals surface area contributed by atoms with E-state index in [1.54, 1.807) is 0 Å². The number of terminal acetylenes is 1. The Morgan fingerprint density at radius 1 is 1.83 bits per heavy atom. The highest BCUT2D eigenvalue weighted by atomic mass is 16.2. The van der Waals surface area contributed by atoms with Crippen LogP contribution in [0.4, 0.5) is 4.79 Å². The lowest BCUT2D eigenvalue weighted by molar-refractivity contribution is 0.209. The van der Waals surface area contributed by atoms with E-state index < -0.39 is 0 Å². The van der Waals surface area contributed by atoms with Gasteiger partial charge in [-0.05, 0) is 12.3 Å². The molecule has 3 heteroatoms. The minimum absolute atomic E-state index is 0.0303. The fraction of sp³-hybridized carbons (Fsp3) is 0.667. The second-order valence-corrected chi connectivity index (χ2v) is 3.20. The first-order valence-corrected chi connectivity index (χ1v) is 4.20. The van der Waals surface area contributed by atoms with E-state index in [2.05, 4.69) is 18.2 Å². The largest absolute Gasteiger partial charge is 0.327 e. The smallest absolute Gasteiger partial charge is 0.318 e. The zero-order chi connectivity index (χ0) is 8.97. The molecule has 1 fully saturated rings. The Hall–Kier alpha value is -1.17. The molecule has 0 radical (unpaired) electrons. The number of carbonyl (C=O) groups is 1. The van der Waals surface area contributed by atoms with E-state index in [1.165, 1.54) is 0 Å². The maximum atomic E-state index is 11.3. The first-order valence-electron chi connectivity index (χ1n) is 4.20. The number of nitrogens with one attached hydrogen (secondary N) is 1. The molecule has 3 nitrogen and oxygen atoms in total. The quantitative estimate of drug-likeness (QED) is 0.570. The molecule has 0 aromatic heterocycles. The van der Waals surface area contributed by atoms with E-state index in [0.717, 1.165) is 19.5 Å². The summed E-state index contributed by atoms with van der Waals surface area (Å²) in [6, 6.07) is -0.0303. The minimum atomic E-state index is -0.0303. The summed E-state index contributed by atoms with van der Waals surface area (Å²) in [4.78, 5) is 13.1. The van der Waals surface area contributed by atoms with Crippen LogP contribution in [0, 0.1) is 18.3 Å². The van der Waals surface area contributed by atoms with Crippen molar-refractivity contribution in [1.82, 2.24) is 10.2 Å². The number of urea groups is 1. The number of likely N-dealkylation sites (tertiary alicyclic amines) is 1. The van der Waals surface area contributed by atoms with Gasteiger partial charge in [0.05, 0.1) is 6.54 Å². The summed E-state index contributed by atoms with van der Waals surface area (Å²) in [5, 5.41) is 2.65. The molecule has 1 heterocycles. The van der Waals surface area contributed by atoms with Crippen molar-refractivity contribution < 1.29 is 4.79 Å². The van der Waals surface area contributed by atoms with Gasteiger partial charge in [-0.2, -0.15) is 0 Å². The highest BCUT2D eigenvalue weighted by Gasteiger charge is 2.22. The molecule has 0 aromatic carbocycles. The van der Waals surface area contributed by atoms with Crippen molar-refractivity contribution >= 4 is 6.03 Å². The van der Waals surface area contributed by atoms with Crippen molar-refractivity contribution in [2.24, 2.45) is 5.92 Å². The van der Waals surface area contributed by atoms with E-state index in [-0.39, 0.29) is 6.03 Å². The summed E-state index contributed by atoms with van der Waals surface area (Å²) < 4.78 is 0. The van der Waals surface area contributed by atoms with Crippen LogP contribution in [-0.2, 0) is 0 Å².